The van der Waals surface area contributed by atoms with Crippen molar-refractivity contribution in [3.05, 3.63) is 0 Å². The Morgan fingerprint density at radius 1 is 1.77 bits per heavy atom. The number of methoxy groups -OCH3 is 1. The minimum atomic E-state index is -0.415. The number of amides is 1. The van der Waals surface area contributed by atoms with Gasteiger partial charge in [-0.2, -0.15) is 0 Å². The number of hydrogen-bond acceptors (Lipinski definition) is 3. The van der Waals surface area contributed by atoms with Crippen LogP contribution in [-0.2, 0) is 4.74 Å². The number of aliphatic hydroxyl groups is 1. The van der Waals surface area contributed by atoms with Crippen molar-refractivity contribution in [2.45, 2.75) is 38.3 Å². The average Bonchev–Trinajstić information content (AvgIpc) is 2.63. The van der Waals surface area contributed by atoms with E-state index >= 15 is 0 Å². The van der Waals surface area contributed by atoms with Gasteiger partial charge in [-0.25, -0.2) is 4.79 Å². The number of nitrogens with zero attached hydrogens (tertiary/aromatic N) is 1. The minimum absolute atomic E-state index is 0.0440. The standard InChI is InChI=1S/C9H17NO3/c1-3-8(11)7-5-4-6-10(7)9(12)13-2/h7-8,11H,3-6H2,1-2H3. The van der Waals surface area contributed by atoms with Gasteiger partial charge >= 0.3 is 6.09 Å². The summed E-state index contributed by atoms with van der Waals surface area (Å²) < 4.78 is 4.63. The van der Waals surface area contributed by atoms with E-state index in [-0.39, 0.29) is 12.1 Å². The van der Waals surface area contributed by atoms with Crippen molar-refractivity contribution in [3.63, 3.8) is 0 Å². The summed E-state index contributed by atoms with van der Waals surface area (Å²) >= 11 is 0. The number of carbonyl (C=O) groups excluding carboxylic acids is 1. The molecule has 1 amide bonds. The molecule has 13 heavy (non-hydrogen) atoms. The fourth-order valence-corrected chi connectivity index (χ4v) is 1.81. The number of rotatable bonds is 2. The van der Waals surface area contributed by atoms with Gasteiger partial charge in [0.2, 0.25) is 0 Å². The van der Waals surface area contributed by atoms with E-state index < -0.39 is 6.10 Å². The molecule has 0 radical (unpaired) electrons. The van der Waals surface area contributed by atoms with E-state index in [1.807, 2.05) is 6.92 Å². The number of aliphatic hydroxyl groups excluding tert-OH is 1. The quantitative estimate of drug-likeness (QED) is 0.701. The zero-order chi connectivity index (χ0) is 9.84. The molecule has 0 bridgehead atoms. The summed E-state index contributed by atoms with van der Waals surface area (Å²) in [4.78, 5) is 12.9. The fraction of sp³-hybridized carbons (Fsp3) is 0.889. The SMILES string of the molecule is CCC(O)C1CCCN1C(=O)OC. The third-order valence-corrected chi connectivity index (χ3v) is 2.57. The van der Waals surface area contributed by atoms with Crippen LogP contribution in [0.3, 0.4) is 0 Å². The van der Waals surface area contributed by atoms with Gasteiger partial charge in [-0.05, 0) is 19.3 Å². The lowest BCUT2D eigenvalue weighted by molar-refractivity contribution is 0.0583. The van der Waals surface area contributed by atoms with E-state index in [9.17, 15) is 9.90 Å². The van der Waals surface area contributed by atoms with E-state index in [1.54, 1.807) is 4.90 Å². The second kappa shape index (κ2) is 4.46. The van der Waals surface area contributed by atoms with E-state index in [0.717, 1.165) is 12.8 Å². The van der Waals surface area contributed by atoms with Crippen LogP contribution in [0.5, 0.6) is 0 Å². The maximum Gasteiger partial charge on any atom is 0.409 e. The van der Waals surface area contributed by atoms with E-state index in [1.165, 1.54) is 7.11 Å². The highest BCUT2D eigenvalue weighted by Gasteiger charge is 2.33. The zero-order valence-corrected chi connectivity index (χ0v) is 8.19. The van der Waals surface area contributed by atoms with Crippen molar-refractivity contribution < 1.29 is 14.6 Å². The van der Waals surface area contributed by atoms with Crippen molar-refractivity contribution in [2.75, 3.05) is 13.7 Å². The maximum atomic E-state index is 11.2. The highest BCUT2D eigenvalue weighted by atomic mass is 16.5. The first kappa shape index (κ1) is 10.3. The Labute approximate surface area is 78.5 Å². The largest absolute Gasteiger partial charge is 0.453 e. The van der Waals surface area contributed by atoms with Crippen molar-refractivity contribution in [1.82, 2.24) is 4.90 Å². The highest BCUT2D eigenvalue weighted by Crippen LogP contribution is 2.22. The maximum absolute atomic E-state index is 11.2. The number of carbonyl (C=O) groups is 1. The Morgan fingerprint density at radius 3 is 3.00 bits per heavy atom. The van der Waals surface area contributed by atoms with Gasteiger partial charge in [-0.15, -0.1) is 0 Å². The molecule has 2 unspecified atom stereocenters. The van der Waals surface area contributed by atoms with Crippen molar-refractivity contribution in [2.24, 2.45) is 0 Å². The molecule has 0 aromatic carbocycles. The Kier molecular flexibility index (Phi) is 3.54. The van der Waals surface area contributed by atoms with E-state index in [2.05, 4.69) is 4.74 Å². The molecule has 0 saturated carbocycles. The highest BCUT2D eigenvalue weighted by molar-refractivity contribution is 5.68. The van der Waals surface area contributed by atoms with Crippen LogP contribution in [-0.4, -0.2) is 41.9 Å². The first-order valence-electron chi connectivity index (χ1n) is 4.73. The molecule has 1 saturated heterocycles. The van der Waals surface area contributed by atoms with Gasteiger partial charge < -0.3 is 14.7 Å². The Bertz CT molecular complexity index is 184. The van der Waals surface area contributed by atoms with Crippen LogP contribution in [0.2, 0.25) is 0 Å². The molecule has 1 heterocycles. The van der Waals surface area contributed by atoms with Crippen LogP contribution < -0.4 is 0 Å². The smallest absolute Gasteiger partial charge is 0.409 e. The minimum Gasteiger partial charge on any atom is -0.453 e. The molecule has 0 aliphatic carbocycles. The van der Waals surface area contributed by atoms with Gasteiger partial charge in [0.15, 0.2) is 0 Å². The Balaban J connectivity index is 2.58. The predicted octanol–water partition coefficient (Wildman–Crippen LogP) is 0.988. The molecule has 1 aliphatic rings. The molecule has 1 aliphatic heterocycles. The lowest BCUT2D eigenvalue weighted by Gasteiger charge is -2.26. The summed E-state index contributed by atoms with van der Waals surface area (Å²) in [6, 6.07) is -0.0440. The molecule has 4 heteroatoms. The second-order valence-electron chi connectivity index (χ2n) is 3.35. The lowest BCUT2D eigenvalue weighted by Crippen LogP contribution is -2.42. The fourth-order valence-electron chi connectivity index (χ4n) is 1.81. The van der Waals surface area contributed by atoms with Gasteiger partial charge in [0.25, 0.3) is 0 Å². The van der Waals surface area contributed by atoms with E-state index in [4.69, 9.17) is 0 Å². The molecule has 0 spiro atoms. The van der Waals surface area contributed by atoms with Crippen molar-refractivity contribution >= 4 is 6.09 Å². The monoisotopic (exact) mass is 187 g/mol. The zero-order valence-electron chi connectivity index (χ0n) is 8.19. The van der Waals surface area contributed by atoms with Gasteiger partial charge in [0, 0.05) is 6.54 Å². The van der Waals surface area contributed by atoms with Gasteiger partial charge in [0.1, 0.15) is 0 Å². The third kappa shape index (κ3) is 2.12. The Morgan fingerprint density at radius 2 is 2.46 bits per heavy atom. The second-order valence-corrected chi connectivity index (χ2v) is 3.35. The molecule has 76 valence electrons. The van der Waals surface area contributed by atoms with E-state index in [0.29, 0.717) is 13.0 Å². The van der Waals surface area contributed by atoms with Crippen LogP contribution in [0.1, 0.15) is 26.2 Å². The van der Waals surface area contributed by atoms with Gasteiger partial charge in [-0.3, -0.25) is 0 Å². The molecular formula is C9H17NO3. The van der Waals surface area contributed by atoms with Crippen LogP contribution in [0.15, 0.2) is 0 Å². The van der Waals surface area contributed by atoms with Crippen LogP contribution >= 0.6 is 0 Å². The number of ether oxygens (including phenoxy) is 1. The summed E-state index contributed by atoms with van der Waals surface area (Å²) in [6.45, 7) is 2.62. The summed E-state index contributed by atoms with van der Waals surface area (Å²) in [5, 5.41) is 9.62. The normalized spacial score (nSPS) is 24.5. The first-order valence-corrected chi connectivity index (χ1v) is 4.73. The molecule has 2 atom stereocenters. The Hall–Kier alpha value is -0.770. The predicted molar refractivity (Wildman–Crippen MR) is 48.4 cm³/mol. The number of likely N-dealkylation sites (tertiary alicyclic amines) is 1. The summed E-state index contributed by atoms with van der Waals surface area (Å²) in [5.74, 6) is 0. The molecule has 1 rings (SSSR count). The molecular weight excluding hydrogens is 170 g/mol. The van der Waals surface area contributed by atoms with Gasteiger partial charge in [-0.1, -0.05) is 6.92 Å². The molecule has 0 aromatic heterocycles. The van der Waals surface area contributed by atoms with Crippen LogP contribution in [0.4, 0.5) is 4.79 Å². The molecule has 4 nitrogen and oxygen atoms in total. The number of hydrogen-bond donors (Lipinski definition) is 1. The molecule has 1 N–H and O–H groups in total. The lowest BCUT2D eigenvalue weighted by atomic mass is 10.1. The van der Waals surface area contributed by atoms with Crippen LogP contribution in [0, 0.1) is 0 Å². The van der Waals surface area contributed by atoms with Crippen LogP contribution in [0.25, 0.3) is 0 Å². The average molecular weight is 187 g/mol. The topological polar surface area (TPSA) is 49.8 Å². The molecule has 1 fully saturated rings. The molecule has 0 aromatic rings. The van der Waals surface area contributed by atoms with Crippen molar-refractivity contribution in [3.8, 4) is 0 Å². The van der Waals surface area contributed by atoms with Crippen molar-refractivity contribution in [1.29, 1.82) is 0 Å². The summed E-state index contributed by atoms with van der Waals surface area (Å²) in [5.41, 5.74) is 0. The summed E-state index contributed by atoms with van der Waals surface area (Å²) in [7, 11) is 1.37. The summed E-state index contributed by atoms with van der Waals surface area (Å²) in [6.07, 6.45) is 1.77. The third-order valence-electron chi connectivity index (χ3n) is 2.57. The van der Waals surface area contributed by atoms with Gasteiger partial charge in [0.05, 0.1) is 19.3 Å². The first-order chi connectivity index (χ1) is 6.20.